The third-order valence-electron chi connectivity index (χ3n) is 7.05. The number of hydrogen-bond donors (Lipinski definition) is 1. The smallest absolute Gasteiger partial charge is 0.228 e. The number of ether oxygens (including phenoxy) is 2. The van der Waals surface area contributed by atoms with Crippen molar-refractivity contribution in [3.63, 3.8) is 0 Å². The molecule has 3 aliphatic rings. The lowest BCUT2D eigenvalue weighted by Gasteiger charge is -2.37. The number of carbonyl (C=O) groups is 1. The molecule has 0 bridgehead atoms. The predicted octanol–water partition coefficient (Wildman–Crippen LogP) is 2.70. The maximum Gasteiger partial charge on any atom is 0.228 e. The zero-order valence-corrected chi connectivity index (χ0v) is 17.8. The second-order valence-corrected chi connectivity index (χ2v) is 9.02. The Balaban J connectivity index is 1.25. The minimum atomic E-state index is 0.0702. The van der Waals surface area contributed by atoms with Gasteiger partial charge in [0.05, 0.1) is 19.6 Å². The molecule has 0 aliphatic carbocycles. The van der Waals surface area contributed by atoms with Gasteiger partial charge in [-0.05, 0) is 81.9 Å². The summed E-state index contributed by atoms with van der Waals surface area (Å²) in [5, 5.41) is 3.09. The van der Waals surface area contributed by atoms with Crippen LogP contribution in [0.1, 0.15) is 25.7 Å². The van der Waals surface area contributed by atoms with Crippen LogP contribution in [0.5, 0.6) is 5.75 Å². The average molecular weight is 402 g/mol. The molecule has 3 heterocycles. The van der Waals surface area contributed by atoms with E-state index in [1.54, 1.807) is 7.11 Å². The lowest BCUT2D eigenvalue weighted by molar-refractivity contribution is -0.119. The summed E-state index contributed by atoms with van der Waals surface area (Å²) in [4.78, 5) is 17.8. The molecule has 3 atom stereocenters. The molecule has 0 radical (unpaired) electrons. The number of piperidine rings is 1. The number of benzene rings is 1. The molecule has 160 valence electrons. The van der Waals surface area contributed by atoms with Crippen molar-refractivity contribution in [2.45, 2.75) is 31.7 Å². The van der Waals surface area contributed by atoms with Crippen molar-refractivity contribution in [3.05, 3.63) is 24.3 Å². The van der Waals surface area contributed by atoms with E-state index in [0.29, 0.717) is 12.0 Å². The van der Waals surface area contributed by atoms with Crippen molar-refractivity contribution in [1.82, 2.24) is 9.80 Å². The van der Waals surface area contributed by atoms with Crippen molar-refractivity contribution >= 4 is 11.6 Å². The number of methoxy groups -OCH3 is 1. The number of carbonyl (C=O) groups excluding carboxylic acids is 1. The van der Waals surface area contributed by atoms with Gasteiger partial charge in [0.1, 0.15) is 5.75 Å². The van der Waals surface area contributed by atoms with E-state index in [2.05, 4.69) is 22.2 Å². The predicted molar refractivity (Wildman–Crippen MR) is 114 cm³/mol. The third-order valence-corrected chi connectivity index (χ3v) is 7.05. The van der Waals surface area contributed by atoms with Crippen LogP contribution in [0.15, 0.2) is 24.3 Å². The lowest BCUT2D eigenvalue weighted by Crippen LogP contribution is -2.43. The van der Waals surface area contributed by atoms with Crippen LogP contribution in [0, 0.1) is 17.8 Å². The largest absolute Gasteiger partial charge is 0.497 e. The van der Waals surface area contributed by atoms with Crippen LogP contribution in [-0.2, 0) is 9.53 Å². The fraction of sp³-hybridized carbons (Fsp3) is 0.696. The molecule has 6 heteroatoms. The highest BCUT2D eigenvalue weighted by atomic mass is 16.5. The molecule has 1 amide bonds. The van der Waals surface area contributed by atoms with Gasteiger partial charge < -0.3 is 24.6 Å². The van der Waals surface area contributed by atoms with Gasteiger partial charge >= 0.3 is 0 Å². The normalized spacial score (nSPS) is 29.2. The van der Waals surface area contributed by atoms with E-state index < -0.39 is 0 Å². The van der Waals surface area contributed by atoms with E-state index in [1.165, 1.54) is 38.9 Å². The Morgan fingerprint density at radius 2 is 1.97 bits per heavy atom. The molecule has 3 aliphatic heterocycles. The van der Waals surface area contributed by atoms with Crippen LogP contribution >= 0.6 is 0 Å². The van der Waals surface area contributed by atoms with Crippen molar-refractivity contribution in [2.75, 3.05) is 58.9 Å². The van der Waals surface area contributed by atoms with Gasteiger partial charge in [0, 0.05) is 31.4 Å². The molecule has 6 nitrogen and oxygen atoms in total. The van der Waals surface area contributed by atoms with E-state index in [4.69, 9.17) is 9.47 Å². The highest BCUT2D eigenvalue weighted by Crippen LogP contribution is 2.34. The van der Waals surface area contributed by atoms with E-state index in [0.717, 1.165) is 43.5 Å². The van der Waals surface area contributed by atoms with Gasteiger partial charge in [0.25, 0.3) is 0 Å². The number of amides is 1. The standard InChI is InChI=1S/C23H35N3O3/c1-25-15-19(23(27)24-20-3-5-21(28-2)6-4-20)13-22(25)18-7-10-26(11-8-18)14-17-9-12-29-16-17/h3-6,17-19,22H,7-16H2,1-2H3,(H,24,27)/t17-,19-,22+/m1/s1. The van der Waals surface area contributed by atoms with E-state index >= 15 is 0 Å². The SMILES string of the molecule is COc1ccc(NC(=O)[C@@H]2C[C@@H](C3CCN(C[C@H]4CCOC4)CC3)N(C)C2)cc1. The number of nitrogens with one attached hydrogen (secondary N) is 1. The molecule has 3 saturated heterocycles. The van der Waals surface area contributed by atoms with Gasteiger partial charge in [-0.3, -0.25) is 4.79 Å². The van der Waals surface area contributed by atoms with Crippen molar-refractivity contribution in [2.24, 2.45) is 17.8 Å². The first kappa shape index (κ1) is 20.6. The van der Waals surface area contributed by atoms with Crippen LogP contribution in [0.2, 0.25) is 0 Å². The number of rotatable bonds is 6. The number of hydrogen-bond acceptors (Lipinski definition) is 5. The molecule has 29 heavy (non-hydrogen) atoms. The highest BCUT2D eigenvalue weighted by Gasteiger charge is 2.39. The first-order valence-electron chi connectivity index (χ1n) is 11.1. The van der Waals surface area contributed by atoms with Gasteiger partial charge in [0.15, 0.2) is 0 Å². The first-order valence-corrected chi connectivity index (χ1v) is 11.1. The summed E-state index contributed by atoms with van der Waals surface area (Å²) >= 11 is 0. The Kier molecular flexibility index (Phi) is 6.73. The zero-order chi connectivity index (χ0) is 20.2. The molecule has 1 N–H and O–H groups in total. The molecule has 0 unspecified atom stereocenters. The second-order valence-electron chi connectivity index (χ2n) is 9.02. The summed E-state index contributed by atoms with van der Waals surface area (Å²) < 4.78 is 10.7. The second kappa shape index (κ2) is 9.45. The molecular formula is C23H35N3O3. The van der Waals surface area contributed by atoms with Gasteiger partial charge in [0.2, 0.25) is 5.91 Å². The maximum absolute atomic E-state index is 12.8. The number of anilines is 1. The molecule has 1 aromatic rings. The van der Waals surface area contributed by atoms with Crippen molar-refractivity contribution in [3.8, 4) is 5.75 Å². The van der Waals surface area contributed by atoms with Gasteiger partial charge in [-0.15, -0.1) is 0 Å². The quantitative estimate of drug-likeness (QED) is 0.794. The Bertz CT molecular complexity index is 666. The fourth-order valence-electron chi connectivity index (χ4n) is 5.30. The number of likely N-dealkylation sites (tertiary alicyclic amines) is 2. The van der Waals surface area contributed by atoms with Crippen molar-refractivity contribution < 1.29 is 14.3 Å². The lowest BCUT2D eigenvalue weighted by atomic mass is 9.86. The summed E-state index contributed by atoms with van der Waals surface area (Å²) in [7, 11) is 3.84. The number of nitrogens with zero attached hydrogens (tertiary/aromatic N) is 2. The summed E-state index contributed by atoms with van der Waals surface area (Å²) in [5.74, 6) is 2.45. The molecule has 4 rings (SSSR count). The maximum atomic E-state index is 12.8. The van der Waals surface area contributed by atoms with Crippen LogP contribution in [0.3, 0.4) is 0 Å². The molecular weight excluding hydrogens is 366 g/mol. The Morgan fingerprint density at radius 1 is 1.21 bits per heavy atom. The van der Waals surface area contributed by atoms with Crippen LogP contribution < -0.4 is 10.1 Å². The molecule has 0 aromatic heterocycles. The van der Waals surface area contributed by atoms with Crippen LogP contribution in [0.4, 0.5) is 5.69 Å². The van der Waals surface area contributed by atoms with Crippen molar-refractivity contribution in [1.29, 1.82) is 0 Å². The Morgan fingerprint density at radius 3 is 2.62 bits per heavy atom. The average Bonchev–Trinajstić information content (AvgIpc) is 3.39. The Labute approximate surface area is 174 Å². The minimum Gasteiger partial charge on any atom is -0.497 e. The first-order chi connectivity index (χ1) is 14.1. The summed E-state index contributed by atoms with van der Waals surface area (Å²) in [6.07, 6.45) is 4.68. The molecule has 1 aromatic carbocycles. The summed E-state index contributed by atoms with van der Waals surface area (Å²) in [6, 6.07) is 8.09. The fourth-order valence-corrected chi connectivity index (χ4v) is 5.30. The van der Waals surface area contributed by atoms with Crippen LogP contribution in [0.25, 0.3) is 0 Å². The monoisotopic (exact) mass is 401 g/mol. The molecule has 0 saturated carbocycles. The minimum absolute atomic E-state index is 0.0702. The van der Waals surface area contributed by atoms with E-state index in [1.807, 2.05) is 24.3 Å². The highest BCUT2D eigenvalue weighted by molar-refractivity contribution is 5.93. The van der Waals surface area contributed by atoms with Crippen LogP contribution in [-0.4, -0.2) is 75.3 Å². The molecule has 0 spiro atoms. The zero-order valence-electron chi connectivity index (χ0n) is 17.8. The topological polar surface area (TPSA) is 54.0 Å². The third kappa shape index (κ3) is 5.11. The van der Waals surface area contributed by atoms with E-state index in [-0.39, 0.29) is 11.8 Å². The van der Waals surface area contributed by atoms with Gasteiger partial charge in [-0.2, -0.15) is 0 Å². The summed E-state index contributed by atoms with van der Waals surface area (Å²) in [5.41, 5.74) is 0.839. The Hall–Kier alpha value is -1.63. The van der Waals surface area contributed by atoms with E-state index in [9.17, 15) is 4.79 Å². The van der Waals surface area contributed by atoms with Gasteiger partial charge in [-0.25, -0.2) is 0 Å². The summed E-state index contributed by atoms with van der Waals surface area (Å²) in [6.45, 7) is 6.30. The molecule has 3 fully saturated rings. The van der Waals surface area contributed by atoms with Gasteiger partial charge in [-0.1, -0.05) is 0 Å².